The van der Waals surface area contributed by atoms with Crippen LogP contribution >= 0.6 is 0 Å². The van der Waals surface area contributed by atoms with Crippen LogP contribution in [0.2, 0.25) is 0 Å². The van der Waals surface area contributed by atoms with E-state index in [9.17, 15) is 4.39 Å². The van der Waals surface area contributed by atoms with E-state index < -0.39 is 0 Å². The summed E-state index contributed by atoms with van der Waals surface area (Å²) in [7, 11) is 0. The number of piperidine rings is 1. The lowest BCUT2D eigenvalue weighted by atomic mass is 9.88. The molecule has 2 unspecified atom stereocenters. The summed E-state index contributed by atoms with van der Waals surface area (Å²) in [5.41, 5.74) is 7.09. The molecule has 2 atom stereocenters. The number of rotatable bonds is 2. The van der Waals surface area contributed by atoms with Crippen LogP contribution in [0.15, 0.2) is 24.3 Å². The fourth-order valence-electron chi connectivity index (χ4n) is 2.44. The second kappa shape index (κ2) is 5.26. The quantitative estimate of drug-likeness (QED) is 0.787. The van der Waals surface area contributed by atoms with Crippen LogP contribution in [0.5, 0.6) is 0 Å². The number of hydrogen-bond acceptors (Lipinski definition) is 3. The van der Waals surface area contributed by atoms with E-state index in [0.29, 0.717) is 12.5 Å². The summed E-state index contributed by atoms with van der Waals surface area (Å²) < 4.78 is 12.8. The third-order valence-corrected chi connectivity index (χ3v) is 3.19. The highest BCUT2D eigenvalue weighted by molar-refractivity contribution is 5.22. The zero-order valence-electron chi connectivity index (χ0n) is 9.64. The Morgan fingerprint density at radius 1 is 1.35 bits per heavy atom. The molecule has 0 bridgehead atoms. The van der Waals surface area contributed by atoms with Gasteiger partial charge in [-0.3, -0.25) is 4.90 Å². The molecule has 1 saturated heterocycles. The zero-order chi connectivity index (χ0) is 12.3. The Kier molecular flexibility index (Phi) is 3.72. The van der Waals surface area contributed by atoms with Crippen LogP contribution in [0.4, 0.5) is 4.39 Å². The molecule has 0 aliphatic carbocycles. The molecule has 0 radical (unpaired) electrons. The molecule has 90 valence electrons. The van der Waals surface area contributed by atoms with Crippen molar-refractivity contribution in [2.75, 3.05) is 19.6 Å². The van der Waals surface area contributed by atoms with E-state index >= 15 is 0 Å². The number of likely N-dealkylation sites (tertiary alicyclic amines) is 1. The second-order valence-electron chi connectivity index (χ2n) is 4.60. The third-order valence-electron chi connectivity index (χ3n) is 3.19. The highest BCUT2D eigenvalue weighted by Crippen LogP contribution is 2.26. The van der Waals surface area contributed by atoms with E-state index in [0.717, 1.165) is 25.1 Å². The van der Waals surface area contributed by atoms with Gasteiger partial charge in [-0.15, -0.1) is 0 Å². The summed E-state index contributed by atoms with van der Waals surface area (Å²) >= 11 is 0. The number of benzene rings is 1. The molecule has 1 aliphatic heterocycles. The van der Waals surface area contributed by atoms with E-state index in [-0.39, 0.29) is 11.9 Å². The summed E-state index contributed by atoms with van der Waals surface area (Å²) in [6.45, 7) is 2.00. The predicted octanol–water partition coefficient (Wildman–Crippen LogP) is 1.47. The zero-order valence-corrected chi connectivity index (χ0v) is 9.64. The molecule has 3 nitrogen and oxygen atoms in total. The number of hydrogen-bond donors (Lipinski definition) is 1. The largest absolute Gasteiger partial charge is 0.327 e. The Hall–Kier alpha value is -1.44. The maximum atomic E-state index is 12.8. The summed E-state index contributed by atoms with van der Waals surface area (Å²) in [5, 5.41) is 8.72. The first-order valence-corrected chi connectivity index (χ1v) is 5.79. The molecule has 2 N–H and O–H groups in total. The van der Waals surface area contributed by atoms with Crippen molar-refractivity contribution in [3.8, 4) is 6.07 Å². The molecule has 1 aliphatic rings. The Bertz CT molecular complexity index is 410. The van der Waals surface area contributed by atoms with Crippen LogP contribution in [0.3, 0.4) is 0 Å². The van der Waals surface area contributed by atoms with Crippen LogP contribution in [0, 0.1) is 17.1 Å². The normalized spacial score (nSPS) is 25.5. The first-order chi connectivity index (χ1) is 8.19. The van der Waals surface area contributed by atoms with Gasteiger partial charge in [0.2, 0.25) is 0 Å². The number of halogens is 1. The Balaban J connectivity index is 2.10. The molecule has 0 spiro atoms. The van der Waals surface area contributed by atoms with Gasteiger partial charge >= 0.3 is 0 Å². The fraction of sp³-hybridized carbons (Fsp3) is 0.462. The van der Waals surface area contributed by atoms with Crippen LogP contribution in [0.25, 0.3) is 0 Å². The molecule has 0 saturated carbocycles. The Morgan fingerprint density at radius 2 is 2.06 bits per heavy atom. The van der Waals surface area contributed by atoms with E-state index in [1.807, 2.05) is 12.1 Å². The molecule has 1 aromatic rings. The lowest BCUT2D eigenvalue weighted by molar-refractivity contribution is 0.208. The number of nitrogens with zero attached hydrogens (tertiary/aromatic N) is 2. The van der Waals surface area contributed by atoms with Crippen molar-refractivity contribution >= 4 is 0 Å². The summed E-state index contributed by atoms with van der Waals surface area (Å²) in [6, 6.07) is 8.81. The molecule has 17 heavy (non-hydrogen) atoms. The smallest absolute Gasteiger partial charge is 0.123 e. The maximum absolute atomic E-state index is 12.8. The van der Waals surface area contributed by atoms with Crippen LogP contribution in [-0.2, 0) is 0 Å². The Morgan fingerprint density at radius 3 is 2.71 bits per heavy atom. The maximum Gasteiger partial charge on any atom is 0.123 e. The van der Waals surface area contributed by atoms with Gasteiger partial charge in [0.15, 0.2) is 0 Å². The van der Waals surface area contributed by atoms with Crippen molar-refractivity contribution in [2.24, 2.45) is 5.73 Å². The second-order valence-corrected chi connectivity index (χ2v) is 4.60. The molecule has 0 amide bonds. The topological polar surface area (TPSA) is 53.0 Å². The average molecular weight is 233 g/mol. The third kappa shape index (κ3) is 3.02. The summed E-state index contributed by atoms with van der Waals surface area (Å²) in [4.78, 5) is 2.06. The minimum Gasteiger partial charge on any atom is -0.327 e. The number of nitrogens with two attached hydrogens (primary N) is 1. The van der Waals surface area contributed by atoms with E-state index in [4.69, 9.17) is 11.0 Å². The SMILES string of the molecule is N#CCN1CC(N)CC(c2ccc(F)cc2)C1. The summed E-state index contributed by atoms with van der Waals surface area (Å²) in [6.07, 6.45) is 0.896. The molecule has 1 aromatic carbocycles. The van der Waals surface area contributed by atoms with Gasteiger partial charge in [0.05, 0.1) is 12.6 Å². The van der Waals surface area contributed by atoms with Gasteiger partial charge in [-0.25, -0.2) is 4.39 Å². The van der Waals surface area contributed by atoms with Gasteiger partial charge in [-0.1, -0.05) is 12.1 Å². The van der Waals surface area contributed by atoms with E-state index in [2.05, 4.69) is 11.0 Å². The van der Waals surface area contributed by atoms with Gasteiger partial charge in [-0.2, -0.15) is 5.26 Å². The minimum atomic E-state index is -0.220. The van der Waals surface area contributed by atoms with E-state index in [1.165, 1.54) is 12.1 Å². The van der Waals surface area contributed by atoms with Gasteiger partial charge in [0, 0.05) is 19.1 Å². The molecule has 2 rings (SSSR count). The molecule has 1 fully saturated rings. The molecule has 0 aromatic heterocycles. The highest BCUT2D eigenvalue weighted by Gasteiger charge is 2.25. The standard InChI is InChI=1S/C13H16FN3/c14-12-3-1-10(2-4-12)11-7-13(16)9-17(8-11)6-5-15/h1-4,11,13H,6-9,16H2. The van der Waals surface area contributed by atoms with Crippen molar-refractivity contribution in [3.63, 3.8) is 0 Å². The van der Waals surface area contributed by atoms with Crippen molar-refractivity contribution in [1.82, 2.24) is 4.90 Å². The summed E-state index contributed by atoms with van der Waals surface area (Å²) in [5.74, 6) is 0.0791. The molecule has 1 heterocycles. The van der Waals surface area contributed by atoms with Gasteiger partial charge in [0.1, 0.15) is 5.82 Å². The van der Waals surface area contributed by atoms with Crippen LogP contribution in [-0.4, -0.2) is 30.6 Å². The van der Waals surface area contributed by atoms with Crippen molar-refractivity contribution in [1.29, 1.82) is 5.26 Å². The van der Waals surface area contributed by atoms with Crippen molar-refractivity contribution < 1.29 is 4.39 Å². The molecular weight excluding hydrogens is 217 g/mol. The minimum absolute atomic E-state index is 0.0900. The lowest BCUT2D eigenvalue weighted by Crippen LogP contribution is -2.46. The lowest BCUT2D eigenvalue weighted by Gasteiger charge is -2.35. The number of nitriles is 1. The average Bonchev–Trinajstić information content (AvgIpc) is 2.29. The monoisotopic (exact) mass is 233 g/mol. The van der Waals surface area contributed by atoms with E-state index in [1.54, 1.807) is 0 Å². The Labute approximate surface area is 101 Å². The fourth-order valence-corrected chi connectivity index (χ4v) is 2.44. The van der Waals surface area contributed by atoms with Gasteiger partial charge < -0.3 is 5.73 Å². The first kappa shape index (κ1) is 12.0. The first-order valence-electron chi connectivity index (χ1n) is 5.79. The van der Waals surface area contributed by atoms with Crippen LogP contribution in [0.1, 0.15) is 17.9 Å². The molecule has 4 heteroatoms. The van der Waals surface area contributed by atoms with Gasteiger partial charge in [-0.05, 0) is 30.0 Å². The highest BCUT2D eigenvalue weighted by atomic mass is 19.1. The van der Waals surface area contributed by atoms with Crippen LogP contribution < -0.4 is 5.73 Å². The van der Waals surface area contributed by atoms with Crippen molar-refractivity contribution in [2.45, 2.75) is 18.4 Å². The molecular formula is C13H16FN3. The van der Waals surface area contributed by atoms with Gasteiger partial charge in [0.25, 0.3) is 0 Å². The van der Waals surface area contributed by atoms with Crippen molar-refractivity contribution in [3.05, 3.63) is 35.6 Å². The predicted molar refractivity (Wildman–Crippen MR) is 63.8 cm³/mol.